The van der Waals surface area contributed by atoms with Crippen LogP contribution < -0.4 is 4.74 Å². The van der Waals surface area contributed by atoms with Crippen LogP contribution in [0.4, 0.5) is 4.39 Å². The van der Waals surface area contributed by atoms with Crippen LogP contribution in [0.3, 0.4) is 0 Å². The molecule has 1 atom stereocenters. The molecule has 0 fully saturated rings. The third-order valence-corrected chi connectivity index (χ3v) is 4.09. The zero-order chi connectivity index (χ0) is 18.0. The van der Waals surface area contributed by atoms with Crippen LogP contribution >= 0.6 is 0 Å². The van der Waals surface area contributed by atoms with Crippen LogP contribution in [-0.2, 0) is 11.3 Å². The molecule has 0 radical (unpaired) electrons. The van der Waals surface area contributed by atoms with Gasteiger partial charge in [0.2, 0.25) is 0 Å². The van der Waals surface area contributed by atoms with Gasteiger partial charge in [-0.3, -0.25) is 14.5 Å². The number of carbonyl (C=O) groups is 2. The van der Waals surface area contributed by atoms with Gasteiger partial charge in [0.15, 0.2) is 0 Å². The predicted octanol–water partition coefficient (Wildman–Crippen LogP) is 3.04. The summed E-state index contributed by atoms with van der Waals surface area (Å²) in [4.78, 5) is 26.1. The second kappa shape index (κ2) is 7.03. The largest absolute Gasteiger partial charge is 0.489 e. The summed E-state index contributed by atoms with van der Waals surface area (Å²) >= 11 is 0. The Labute approximate surface area is 145 Å². The fraction of sp³-hybridized carbons (Fsp3) is 0.263. The number of fused-ring (bicyclic) bond motifs is 1. The minimum absolute atomic E-state index is 0.0391. The van der Waals surface area contributed by atoms with Gasteiger partial charge in [-0.1, -0.05) is 18.2 Å². The number of halogens is 1. The van der Waals surface area contributed by atoms with Gasteiger partial charge >= 0.3 is 0 Å². The van der Waals surface area contributed by atoms with Gasteiger partial charge in [-0.05, 0) is 31.2 Å². The number of hydrogen-bond acceptors (Lipinski definition) is 4. The van der Waals surface area contributed by atoms with E-state index in [4.69, 9.17) is 9.47 Å². The van der Waals surface area contributed by atoms with E-state index < -0.39 is 0 Å². The molecule has 2 aromatic rings. The molecule has 6 heteroatoms. The van der Waals surface area contributed by atoms with Crippen molar-refractivity contribution < 1.29 is 23.5 Å². The van der Waals surface area contributed by atoms with E-state index in [1.807, 2.05) is 0 Å². The van der Waals surface area contributed by atoms with Crippen LogP contribution in [-0.4, -0.2) is 36.5 Å². The Hall–Kier alpha value is -2.73. The van der Waals surface area contributed by atoms with Gasteiger partial charge in [0.1, 0.15) is 18.2 Å². The monoisotopic (exact) mass is 343 g/mol. The summed E-state index contributed by atoms with van der Waals surface area (Å²) in [6, 6.07) is 10.7. The molecule has 1 aliphatic heterocycles. The summed E-state index contributed by atoms with van der Waals surface area (Å²) in [6.07, 6.45) is 0. The highest BCUT2D eigenvalue weighted by molar-refractivity contribution is 6.21. The Morgan fingerprint density at radius 3 is 2.52 bits per heavy atom. The van der Waals surface area contributed by atoms with E-state index in [1.54, 1.807) is 37.3 Å². The normalized spacial score (nSPS) is 14.6. The number of nitrogens with zero attached hydrogens (tertiary/aromatic N) is 1. The van der Waals surface area contributed by atoms with Crippen molar-refractivity contribution >= 4 is 11.8 Å². The van der Waals surface area contributed by atoms with Crippen molar-refractivity contribution in [2.75, 3.05) is 13.7 Å². The first kappa shape index (κ1) is 17.1. The number of imide groups is 1. The van der Waals surface area contributed by atoms with Crippen molar-refractivity contribution in [2.45, 2.75) is 19.6 Å². The lowest BCUT2D eigenvalue weighted by molar-refractivity contribution is 0.0497. The summed E-state index contributed by atoms with van der Waals surface area (Å²) < 4.78 is 24.2. The van der Waals surface area contributed by atoms with Crippen LogP contribution in [0.2, 0.25) is 0 Å². The van der Waals surface area contributed by atoms with Crippen molar-refractivity contribution in [3.63, 3.8) is 0 Å². The second-order valence-electron chi connectivity index (χ2n) is 5.87. The Morgan fingerprint density at radius 1 is 1.08 bits per heavy atom. The molecule has 5 nitrogen and oxygen atoms in total. The minimum atomic E-state index is -0.374. The Morgan fingerprint density at radius 2 is 1.80 bits per heavy atom. The molecule has 1 heterocycles. The maximum Gasteiger partial charge on any atom is 0.262 e. The van der Waals surface area contributed by atoms with E-state index >= 15 is 0 Å². The minimum Gasteiger partial charge on any atom is -0.489 e. The molecule has 25 heavy (non-hydrogen) atoms. The molecule has 2 amide bonds. The first-order valence-electron chi connectivity index (χ1n) is 7.90. The standard InChI is InChI=1S/C19H18FNO4/c1-12(10-24-2)21-18(22)15-8-7-14(9-16(15)19(21)23)25-11-13-5-3-4-6-17(13)20/h3-9,12H,10-11H2,1-2H3. The molecule has 130 valence electrons. The lowest BCUT2D eigenvalue weighted by Gasteiger charge is -2.21. The number of ether oxygens (including phenoxy) is 2. The Kier molecular flexibility index (Phi) is 4.81. The van der Waals surface area contributed by atoms with Gasteiger partial charge in [0.25, 0.3) is 11.8 Å². The van der Waals surface area contributed by atoms with Crippen molar-refractivity contribution in [1.29, 1.82) is 0 Å². The fourth-order valence-electron chi connectivity index (χ4n) is 2.82. The van der Waals surface area contributed by atoms with Crippen LogP contribution in [0, 0.1) is 5.82 Å². The maximum absolute atomic E-state index is 13.6. The van der Waals surface area contributed by atoms with E-state index in [9.17, 15) is 14.0 Å². The molecule has 3 rings (SSSR count). The fourth-order valence-corrected chi connectivity index (χ4v) is 2.82. The summed E-state index contributed by atoms with van der Waals surface area (Å²) in [5, 5.41) is 0. The van der Waals surface area contributed by atoms with Crippen LogP contribution in [0.25, 0.3) is 0 Å². The molecule has 0 spiro atoms. The van der Waals surface area contributed by atoms with E-state index in [1.165, 1.54) is 24.1 Å². The summed E-state index contributed by atoms with van der Waals surface area (Å²) in [7, 11) is 1.52. The van der Waals surface area contributed by atoms with Crippen LogP contribution in [0.15, 0.2) is 42.5 Å². The first-order chi connectivity index (χ1) is 12.0. The van der Waals surface area contributed by atoms with Crippen molar-refractivity contribution in [3.8, 4) is 5.75 Å². The number of rotatable bonds is 6. The smallest absolute Gasteiger partial charge is 0.262 e. The summed E-state index contributed by atoms with van der Waals surface area (Å²) in [6.45, 7) is 2.06. The molecule has 0 saturated heterocycles. The Bertz CT molecular complexity index is 821. The third kappa shape index (κ3) is 3.25. The predicted molar refractivity (Wildman–Crippen MR) is 89.0 cm³/mol. The van der Waals surface area contributed by atoms with Gasteiger partial charge in [0.05, 0.1) is 23.8 Å². The topological polar surface area (TPSA) is 55.8 Å². The van der Waals surface area contributed by atoms with E-state index in [-0.39, 0.29) is 36.9 Å². The summed E-state index contributed by atoms with van der Waals surface area (Å²) in [5.74, 6) is -0.662. The van der Waals surface area contributed by atoms with Gasteiger partial charge in [-0.15, -0.1) is 0 Å². The number of methoxy groups -OCH3 is 1. The van der Waals surface area contributed by atoms with E-state index in [0.717, 1.165) is 0 Å². The average Bonchev–Trinajstić information content (AvgIpc) is 2.85. The van der Waals surface area contributed by atoms with Gasteiger partial charge in [-0.25, -0.2) is 4.39 Å². The lowest BCUT2D eigenvalue weighted by Crippen LogP contribution is -2.40. The molecule has 0 N–H and O–H groups in total. The van der Waals surface area contributed by atoms with Gasteiger partial charge in [0, 0.05) is 12.7 Å². The van der Waals surface area contributed by atoms with Crippen LogP contribution in [0.5, 0.6) is 5.75 Å². The molecular formula is C19H18FNO4. The molecule has 0 aromatic heterocycles. The molecular weight excluding hydrogens is 325 g/mol. The second-order valence-corrected chi connectivity index (χ2v) is 5.87. The highest BCUT2D eigenvalue weighted by Gasteiger charge is 2.38. The van der Waals surface area contributed by atoms with Crippen molar-refractivity contribution in [3.05, 3.63) is 65.0 Å². The number of carbonyl (C=O) groups excluding carboxylic acids is 2. The van der Waals surface area contributed by atoms with E-state index in [2.05, 4.69) is 0 Å². The van der Waals surface area contributed by atoms with E-state index in [0.29, 0.717) is 22.4 Å². The lowest BCUT2D eigenvalue weighted by atomic mass is 10.1. The first-order valence-corrected chi connectivity index (χ1v) is 7.90. The third-order valence-electron chi connectivity index (χ3n) is 4.09. The quantitative estimate of drug-likeness (QED) is 0.757. The molecule has 0 bridgehead atoms. The highest BCUT2D eigenvalue weighted by Crippen LogP contribution is 2.28. The molecule has 1 aliphatic rings. The molecule has 0 aliphatic carbocycles. The SMILES string of the molecule is COCC(C)N1C(=O)c2ccc(OCc3ccccc3F)cc2C1=O. The molecule has 1 unspecified atom stereocenters. The average molecular weight is 343 g/mol. The highest BCUT2D eigenvalue weighted by atomic mass is 19.1. The van der Waals surface area contributed by atoms with Crippen molar-refractivity contribution in [1.82, 2.24) is 4.90 Å². The van der Waals surface area contributed by atoms with Crippen LogP contribution in [0.1, 0.15) is 33.2 Å². The molecule has 2 aromatic carbocycles. The number of hydrogen-bond donors (Lipinski definition) is 0. The van der Waals surface area contributed by atoms with Gasteiger partial charge in [-0.2, -0.15) is 0 Å². The zero-order valence-electron chi connectivity index (χ0n) is 14.0. The van der Waals surface area contributed by atoms with Gasteiger partial charge < -0.3 is 9.47 Å². The number of benzene rings is 2. The molecule has 0 saturated carbocycles. The Balaban J connectivity index is 1.79. The van der Waals surface area contributed by atoms with Crippen molar-refractivity contribution in [2.24, 2.45) is 0 Å². The number of amides is 2. The summed E-state index contributed by atoms with van der Waals surface area (Å²) in [5.41, 5.74) is 1.05. The maximum atomic E-state index is 13.6. The zero-order valence-corrected chi connectivity index (χ0v) is 14.0.